The molecule has 0 atom stereocenters. The largest absolute Gasteiger partial charge is 0.460 e. The molecule has 11 nitrogen and oxygen atoms in total. The SMILES string of the molecule is Cc1c([N+](=O)[O-])cc(C(=O)Oc2ccc3c(=O)c(Oc4ccc(-c5ccccc5)cc4)coc3c2)cc1[N+](=O)[O-]. The molecule has 0 saturated carbocycles. The van der Waals surface area contributed by atoms with Gasteiger partial charge < -0.3 is 13.9 Å². The minimum absolute atomic E-state index is 0.0447. The number of nitrogens with zero attached hydrogens (tertiary/aromatic N) is 2. The third kappa shape index (κ3) is 5.11. The van der Waals surface area contributed by atoms with Gasteiger partial charge in [0.05, 0.1) is 20.8 Å². The summed E-state index contributed by atoms with van der Waals surface area (Å²) in [6.07, 6.45) is 1.13. The first-order chi connectivity index (χ1) is 19.2. The third-order valence-corrected chi connectivity index (χ3v) is 6.10. The number of rotatable bonds is 7. The van der Waals surface area contributed by atoms with E-state index in [0.29, 0.717) is 5.75 Å². The highest BCUT2D eigenvalue weighted by atomic mass is 16.6. The molecule has 198 valence electrons. The number of carbonyl (C=O) groups is 1. The molecular formula is C29H18N2O9. The van der Waals surface area contributed by atoms with Crippen LogP contribution in [0.3, 0.4) is 0 Å². The third-order valence-electron chi connectivity index (χ3n) is 6.10. The molecule has 0 amide bonds. The molecule has 0 fully saturated rings. The summed E-state index contributed by atoms with van der Waals surface area (Å²) < 4.78 is 16.5. The van der Waals surface area contributed by atoms with Crippen molar-refractivity contribution in [2.75, 3.05) is 0 Å². The molecule has 0 saturated heterocycles. The molecule has 4 aromatic carbocycles. The molecule has 0 aliphatic rings. The zero-order chi connectivity index (χ0) is 28.4. The van der Waals surface area contributed by atoms with Crippen LogP contribution in [0, 0.1) is 27.2 Å². The second kappa shape index (κ2) is 10.5. The smallest absolute Gasteiger partial charge is 0.344 e. The summed E-state index contributed by atoms with van der Waals surface area (Å²) in [5, 5.41) is 22.8. The number of esters is 1. The maximum Gasteiger partial charge on any atom is 0.344 e. The molecule has 1 heterocycles. The van der Waals surface area contributed by atoms with Crippen LogP contribution in [-0.2, 0) is 0 Å². The van der Waals surface area contributed by atoms with Crippen LogP contribution in [0.5, 0.6) is 17.2 Å². The monoisotopic (exact) mass is 538 g/mol. The Hall–Kier alpha value is -5.84. The van der Waals surface area contributed by atoms with Gasteiger partial charge >= 0.3 is 5.97 Å². The Morgan fingerprint density at radius 3 is 2.02 bits per heavy atom. The number of fused-ring (bicyclic) bond motifs is 1. The second-order valence-electron chi connectivity index (χ2n) is 8.62. The van der Waals surface area contributed by atoms with E-state index in [4.69, 9.17) is 13.9 Å². The van der Waals surface area contributed by atoms with Crippen LogP contribution in [0.2, 0.25) is 0 Å². The van der Waals surface area contributed by atoms with Crippen LogP contribution in [0.25, 0.3) is 22.1 Å². The minimum Gasteiger partial charge on any atom is -0.460 e. The quantitative estimate of drug-likeness (QED) is 0.0965. The van der Waals surface area contributed by atoms with Crippen LogP contribution in [-0.4, -0.2) is 15.8 Å². The van der Waals surface area contributed by atoms with Gasteiger partial charge in [-0.05, 0) is 42.3 Å². The van der Waals surface area contributed by atoms with Crippen molar-refractivity contribution >= 4 is 28.3 Å². The molecule has 0 N–H and O–H groups in total. The van der Waals surface area contributed by atoms with Crippen LogP contribution in [0.15, 0.2) is 100 Å². The average molecular weight is 538 g/mol. The Morgan fingerprint density at radius 2 is 1.40 bits per heavy atom. The molecule has 0 bridgehead atoms. The van der Waals surface area contributed by atoms with Crippen molar-refractivity contribution < 1.29 is 28.5 Å². The van der Waals surface area contributed by atoms with Crippen molar-refractivity contribution in [3.63, 3.8) is 0 Å². The molecule has 11 heteroatoms. The molecule has 0 spiro atoms. The Bertz CT molecular complexity index is 1810. The van der Waals surface area contributed by atoms with Crippen molar-refractivity contribution in [1.82, 2.24) is 0 Å². The van der Waals surface area contributed by atoms with Gasteiger partial charge in [0.2, 0.25) is 11.2 Å². The first-order valence-corrected chi connectivity index (χ1v) is 11.8. The van der Waals surface area contributed by atoms with Crippen molar-refractivity contribution in [3.05, 3.63) is 133 Å². The second-order valence-corrected chi connectivity index (χ2v) is 8.62. The Labute approximate surface area is 225 Å². The molecule has 5 rings (SSSR count). The molecule has 0 aliphatic heterocycles. The van der Waals surface area contributed by atoms with Gasteiger partial charge in [-0.3, -0.25) is 25.0 Å². The lowest BCUT2D eigenvalue weighted by Crippen LogP contribution is -2.11. The van der Waals surface area contributed by atoms with Gasteiger partial charge in [-0.25, -0.2) is 4.79 Å². The van der Waals surface area contributed by atoms with Gasteiger partial charge in [-0.1, -0.05) is 42.5 Å². The standard InChI is InChI=1S/C29H18N2O9/c1-17-24(30(34)35)13-20(14-25(17)31(36)37)29(33)40-22-11-12-23-26(15-22)38-16-27(28(23)32)39-21-9-7-19(8-10-21)18-5-3-2-4-6-18/h2-16H,1H3. The summed E-state index contributed by atoms with van der Waals surface area (Å²) in [6.45, 7) is 1.22. The molecule has 5 aromatic rings. The minimum atomic E-state index is -1.06. The van der Waals surface area contributed by atoms with Crippen molar-refractivity contribution in [2.45, 2.75) is 6.92 Å². The molecule has 0 aliphatic carbocycles. The number of hydrogen-bond donors (Lipinski definition) is 0. The molecule has 40 heavy (non-hydrogen) atoms. The van der Waals surface area contributed by atoms with Crippen LogP contribution >= 0.6 is 0 Å². The number of ether oxygens (including phenoxy) is 2. The Balaban J connectivity index is 1.37. The van der Waals surface area contributed by atoms with E-state index in [0.717, 1.165) is 29.5 Å². The van der Waals surface area contributed by atoms with E-state index in [1.807, 2.05) is 42.5 Å². The number of carbonyl (C=O) groups excluding carboxylic acids is 1. The Morgan fingerprint density at radius 1 is 0.800 bits per heavy atom. The summed E-state index contributed by atoms with van der Waals surface area (Å²) in [4.78, 5) is 46.6. The van der Waals surface area contributed by atoms with E-state index in [1.54, 1.807) is 12.1 Å². The number of nitro groups is 2. The van der Waals surface area contributed by atoms with Gasteiger partial charge in [0.1, 0.15) is 28.9 Å². The topological polar surface area (TPSA) is 152 Å². The van der Waals surface area contributed by atoms with E-state index in [-0.39, 0.29) is 33.6 Å². The maximum atomic E-state index is 13.0. The fourth-order valence-corrected chi connectivity index (χ4v) is 4.04. The Kier molecular flexibility index (Phi) is 6.77. The van der Waals surface area contributed by atoms with Gasteiger partial charge in [-0.2, -0.15) is 0 Å². The van der Waals surface area contributed by atoms with E-state index < -0.39 is 32.6 Å². The van der Waals surface area contributed by atoms with E-state index in [1.165, 1.54) is 25.1 Å². The lowest BCUT2D eigenvalue weighted by atomic mass is 10.1. The lowest BCUT2D eigenvalue weighted by Gasteiger charge is -2.08. The van der Waals surface area contributed by atoms with Gasteiger partial charge in [0.25, 0.3) is 11.4 Å². The summed E-state index contributed by atoms with van der Waals surface area (Å²) in [5.74, 6) is -0.731. The summed E-state index contributed by atoms with van der Waals surface area (Å²) >= 11 is 0. The van der Waals surface area contributed by atoms with E-state index in [9.17, 15) is 29.8 Å². The average Bonchev–Trinajstić information content (AvgIpc) is 2.95. The molecule has 1 aromatic heterocycles. The van der Waals surface area contributed by atoms with Crippen LogP contribution in [0.4, 0.5) is 11.4 Å². The number of hydrogen-bond acceptors (Lipinski definition) is 9. The van der Waals surface area contributed by atoms with E-state index >= 15 is 0 Å². The van der Waals surface area contributed by atoms with Crippen LogP contribution < -0.4 is 14.9 Å². The normalized spacial score (nSPS) is 10.7. The van der Waals surface area contributed by atoms with Crippen molar-refractivity contribution in [3.8, 4) is 28.4 Å². The lowest BCUT2D eigenvalue weighted by molar-refractivity contribution is -0.395. The van der Waals surface area contributed by atoms with Gasteiger partial charge in [0, 0.05) is 18.2 Å². The summed E-state index contributed by atoms with van der Waals surface area (Å²) in [7, 11) is 0. The zero-order valence-electron chi connectivity index (χ0n) is 20.7. The molecule has 0 unspecified atom stereocenters. The first kappa shape index (κ1) is 25.8. The highest BCUT2D eigenvalue weighted by molar-refractivity contribution is 5.93. The fourth-order valence-electron chi connectivity index (χ4n) is 4.04. The van der Waals surface area contributed by atoms with Gasteiger partial charge in [0.15, 0.2) is 0 Å². The van der Waals surface area contributed by atoms with Crippen molar-refractivity contribution in [1.29, 1.82) is 0 Å². The number of benzene rings is 4. The van der Waals surface area contributed by atoms with Crippen molar-refractivity contribution in [2.24, 2.45) is 0 Å². The van der Waals surface area contributed by atoms with Gasteiger partial charge in [-0.15, -0.1) is 0 Å². The zero-order valence-corrected chi connectivity index (χ0v) is 20.7. The van der Waals surface area contributed by atoms with Crippen LogP contribution in [0.1, 0.15) is 15.9 Å². The predicted octanol–water partition coefficient (Wildman–Crippen LogP) is 6.60. The van der Waals surface area contributed by atoms with E-state index in [2.05, 4.69) is 0 Å². The fraction of sp³-hybridized carbons (Fsp3) is 0.0345. The highest BCUT2D eigenvalue weighted by Crippen LogP contribution is 2.31. The molecule has 0 radical (unpaired) electrons. The predicted molar refractivity (Wildman–Crippen MR) is 144 cm³/mol. The maximum absolute atomic E-state index is 13.0. The number of nitro benzene ring substituents is 2. The summed E-state index contributed by atoms with van der Waals surface area (Å²) in [5.41, 5.74) is -0.110. The highest BCUT2D eigenvalue weighted by Gasteiger charge is 2.26. The summed E-state index contributed by atoms with van der Waals surface area (Å²) in [6, 6.07) is 22.7. The first-order valence-electron chi connectivity index (χ1n) is 11.8. The molecular weight excluding hydrogens is 520 g/mol.